The lowest BCUT2D eigenvalue weighted by Gasteiger charge is -2.12. The van der Waals surface area contributed by atoms with E-state index in [1.54, 1.807) is 43.6 Å². The molecule has 0 saturated carbocycles. The van der Waals surface area contributed by atoms with E-state index in [2.05, 4.69) is 25.3 Å². The number of rotatable bonds is 7. The fraction of sp³-hybridized carbons (Fsp3) is 0.160. The summed E-state index contributed by atoms with van der Waals surface area (Å²) in [7, 11) is -1.53. The first-order valence-corrected chi connectivity index (χ1v) is 12.5. The topological polar surface area (TPSA) is 113 Å². The molecule has 0 aliphatic heterocycles. The number of nitrogens with one attached hydrogen (secondary N) is 3. The number of carbonyl (C=O) groups excluding carboxylic acids is 1. The summed E-state index contributed by atoms with van der Waals surface area (Å²) in [6.07, 6.45) is 2.88. The van der Waals surface area contributed by atoms with Gasteiger partial charge in [-0.3, -0.25) is 4.79 Å². The van der Waals surface area contributed by atoms with Crippen LogP contribution >= 0.6 is 0 Å². The molecule has 4 aromatic rings. The van der Waals surface area contributed by atoms with Gasteiger partial charge in [0.15, 0.2) is 0 Å². The summed E-state index contributed by atoms with van der Waals surface area (Å²) in [5, 5.41) is 6.74. The largest absolute Gasteiger partial charge is 0.357 e. The zero-order chi connectivity index (χ0) is 24.3. The third-order valence-corrected chi connectivity index (χ3v) is 6.01. The van der Waals surface area contributed by atoms with Gasteiger partial charge in [0.2, 0.25) is 16.0 Å². The Labute approximate surface area is 198 Å². The molecule has 0 aliphatic rings. The molecular weight excluding hydrogens is 450 g/mol. The van der Waals surface area contributed by atoms with Gasteiger partial charge in [0.1, 0.15) is 0 Å². The Morgan fingerprint density at radius 2 is 1.85 bits per heavy atom. The fourth-order valence-corrected chi connectivity index (χ4v) is 4.00. The van der Waals surface area contributed by atoms with E-state index in [9.17, 15) is 13.2 Å². The van der Waals surface area contributed by atoms with Gasteiger partial charge in [0, 0.05) is 36.4 Å². The van der Waals surface area contributed by atoms with E-state index in [-0.39, 0.29) is 12.5 Å². The predicted molar refractivity (Wildman–Crippen MR) is 135 cm³/mol. The number of carbonyl (C=O) groups is 1. The van der Waals surface area contributed by atoms with Crippen molar-refractivity contribution in [2.75, 3.05) is 23.9 Å². The molecule has 3 aromatic carbocycles. The quantitative estimate of drug-likeness (QED) is 0.373. The van der Waals surface area contributed by atoms with Crippen LogP contribution in [0.4, 0.5) is 11.6 Å². The van der Waals surface area contributed by atoms with E-state index in [4.69, 9.17) is 0 Å². The summed E-state index contributed by atoms with van der Waals surface area (Å²) in [5.74, 6) is 0.309. The molecule has 8 nitrogen and oxygen atoms in total. The van der Waals surface area contributed by atoms with Crippen LogP contribution in [-0.4, -0.2) is 37.6 Å². The molecule has 0 bridgehead atoms. The Kier molecular flexibility index (Phi) is 6.58. The average molecular weight is 476 g/mol. The normalized spacial score (nSPS) is 11.4. The number of hydrogen-bond acceptors (Lipinski definition) is 6. The minimum Gasteiger partial charge on any atom is -0.357 e. The van der Waals surface area contributed by atoms with Gasteiger partial charge in [0.25, 0.3) is 5.91 Å². The number of aryl methyl sites for hydroxylation is 1. The zero-order valence-corrected chi connectivity index (χ0v) is 19.9. The number of anilines is 2. The highest BCUT2D eigenvalue weighted by molar-refractivity contribution is 7.88. The first-order valence-electron chi connectivity index (χ1n) is 10.6. The van der Waals surface area contributed by atoms with Crippen molar-refractivity contribution in [1.82, 2.24) is 14.7 Å². The van der Waals surface area contributed by atoms with Gasteiger partial charge < -0.3 is 10.6 Å². The molecule has 1 heterocycles. The number of hydrogen-bond donors (Lipinski definition) is 3. The number of amides is 1. The van der Waals surface area contributed by atoms with Gasteiger partial charge in [0.05, 0.1) is 11.8 Å². The van der Waals surface area contributed by atoms with Crippen LogP contribution in [0.3, 0.4) is 0 Å². The van der Waals surface area contributed by atoms with Crippen LogP contribution in [0.2, 0.25) is 0 Å². The maximum Gasteiger partial charge on any atom is 0.255 e. The molecule has 0 saturated heterocycles. The zero-order valence-electron chi connectivity index (χ0n) is 19.1. The smallest absolute Gasteiger partial charge is 0.255 e. The molecule has 0 unspecified atom stereocenters. The molecule has 174 valence electrons. The van der Waals surface area contributed by atoms with Gasteiger partial charge in [-0.05, 0) is 65.6 Å². The molecule has 0 fully saturated rings. The van der Waals surface area contributed by atoms with Crippen molar-refractivity contribution in [1.29, 1.82) is 0 Å². The van der Waals surface area contributed by atoms with Gasteiger partial charge in [-0.1, -0.05) is 24.3 Å². The maximum atomic E-state index is 13.0. The number of nitrogens with zero attached hydrogens (tertiary/aromatic N) is 2. The predicted octanol–water partition coefficient (Wildman–Crippen LogP) is 3.95. The van der Waals surface area contributed by atoms with E-state index in [1.807, 2.05) is 37.3 Å². The van der Waals surface area contributed by atoms with Gasteiger partial charge in [-0.2, -0.15) is 0 Å². The fourth-order valence-electron chi connectivity index (χ4n) is 3.57. The molecule has 0 spiro atoms. The molecule has 34 heavy (non-hydrogen) atoms. The molecule has 9 heteroatoms. The highest BCUT2D eigenvalue weighted by Crippen LogP contribution is 2.28. The van der Waals surface area contributed by atoms with Crippen molar-refractivity contribution in [2.24, 2.45) is 0 Å². The van der Waals surface area contributed by atoms with Crippen molar-refractivity contribution in [3.05, 3.63) is 83.6 Å². The molecule has 3 N–H and O–H groups in total. The lowest BCUT2D eigenvalue weighted by atomic mass is 9.97. The second-order valence-electron chi connectivity index (χ2n) is 7.99. The highest BCUT2D eigenvalue weighted by Gasteiger charge is 2.12. The Morgan fingerprint density at radius 1 is 1.03 bits per heavy atom. The third-order valence-electron chi connectivity index (χ3n) is 5.34. The SMILES string of the molecule is CNc1ncc2cc(-c3cc(C(=O)Nc4cccc(CNS(C)(=O)=O)c4)ccc3C)ccc2n1. The number of fused-ring (bicyclic) bond motifs is 1. The van der Waals surface area contributed by atoms with E-state index in [1.165, 1.54) is 0 Å². The van der Waals surface area contributed by atoms with Crippen molar-refractivity contribution in [3.8, 4) is 11.1 Å². The second kappa shape index (κ2) is 9.58. The summed E-state index contributed by atoms with van der Waals surface area (Å²) in [4.78, 5) is 21.7. The van der Waals surface area contributed by atoms with Crippen LogP contribution in [-0.2, 0) is 16.6 Å². The Hall–Kier alpha value is -3.82. The summed E-state index contributed by atoms with van der Waals surface area (Å²) in [6.45, 7) is 2.15. The van der Waals surface area contributed by atoms with Gasteiger partial charge in [-0.25, -0.2) is 23.1 Å². The van der Waals surface area contributed by atoms with Gasteiger partial charge >= 0.3 is 0 Å². The second-order valence-corrected chi connectivity index (χ2v) is 9.83. The average Bonchev–Trinajstić information content (AvgIpc) is 2.82. The summed E-state index contributed by atoms with van der Waals surface area (Å²) < 4.78 is 25.1. The van der Waals surface area contributed by atoms with E-state index in [0.717, 1.165) is 39.4 Å². The minimum atomic E-state index is -3.30. The van der Waals surface area contributed by atoms with Crippen molar-refractivity contribution in [2.45, 2.75) is 13.5 Å². The first kappa shape index (κ1) is 23.3. The lowest BCUT2D eigenvalue weighted by molar-refractivity contribution is 0.102. The maximum absolute atomic E-state index is 13.0. The van der Waals surface area contributed by atoms with Crippen LogP contribution in [0, 0.1) is 6.92 Å². The Balaban J connectivity index is 1.57. The molecule has 1 amide bonds. The van der Waals surface area contributed by atoms with E-state index < -0.39 is 10.0 Å². The lowest BCUT2D eigenvalue weighted by Crippen LogP contribution is -2.21. The molecule has 0 aliphatic carbocycles. The van der Waals surface area contributed by atoms with Crippen LogP contribution in [0.5, 0.6) is 0 Å². The molecule has 0 atom stereocenters. The molecule has 0 radical (unpaired) electrons. The standard InChI is InChI=1S/C25H25N5O3S/c1-16-7-8-19(24(31)29-21-6-4-5-17(11-21)14-28-34(3,32)33)13-22(16)18-9-10-23-20(12-18)15-27-25(26-2)30-23/h4-13,15,28H,14H2,1-3H3,(H,29,31)(H,26,27,30). The summed E-state index contributed by atoms with van der Waals surface area (Å²) in [5.41, 5.74) is 5.63. The van der Waals surface area contributed by atoms with Crippen molar-refractivity contribution in [3.63, 3.8) is 0 Å². The molecule has 4 rings (SSSR count). The van der Waals surface area contributed by atoms with Crippen molar-refractivity contribution >= 4 is 38.5 Å². The Bertz CT molecular complexity index is 1490. The number of sulfonamides is 1. The minimum absolute atomic E-state index is 0.152. The molecule has 1 aromatic heterocycles. The monoisotopic (exact) mass is 475 g/mol. The summed E-state index contributed by atoms with van der Waals surface area (Å²) in [6, 6.07) is 18.6. The van der Waals surface area contributed by atoms with Gasteiger partial charge in [-0.15, -0.1) is 0 Å². The van der Waals surface area contributed by atoms with Crippen LogP contribution in [0.15, 0.2) is 66.9 Å². The van der Waals surface area contributed by atoms with Crippen molar-refractivity contribution < 1.29 is 13.2 Å². The third kappa shape index (κ3) is 5.56. The summed E-state index contributed by atoms with van der Waals surface area (Å²) >= 11 is 0. The Morgan fingerprint density at radius 3 is 2.62 bits per heavy atom. The van der Waals surface area contributed by atoms with Crippen LogP contribution in [0.25, 0.3) is 22.0 Å². The van der Waals surface area contributed by atoms with Crippen LogP contribution in [0.1, 0.15) is 21.5 Å². The molecular formula is C25H25N5O3S. The van der Waals surface area contributed by atoms with Crippen LogP contribution < -0.4 is 15.4 Å². The van der Waals surface area contributed by atoms with E-state index >= 15 is 0 Å². The highest BCUT2D eigenvalue weighted by atomic mass is 32.2. The first-order chi connectivity index (χ1) is 16.2. The number of benzene rings is 3. The van der Waals surface area contributed by atoms with E-state index in [0.29, 0.717) is 17.2 Å². The number of aromatic nitrogens is 2.